The Balaban J connectivity index is 1.45. The Labute approximate surface area is 147 Å². The second-order valence-electron chi connectivity index (χ2n) is 6.72. The van der Waals surface area contributed by atoms with E-state index in [0.717, 1.165) is 25.6 Å². The molecule has 0 atom stereocenters. The van der Waals surface area contributed by atoms with Crippen molar-refractivity contribution >= 4 is 22.4 Å². The molecular formula is C19H25N3OS. The summed E-state index contributed by atoms with van der Waals surface area (Å²) in [6.45, 7) is 6.88. The van der Waals surface area contributed by atoms with E-state index in [1.165, 1.54) is 42.2 Å². The number of benzene rings is 1. The van der Waals surface area contributed by atoms with E-state index in [0.29, 0.717) is 5.13 Å². The van der Waals surface area contributed by atoms with Gasteiger partial charge in [0, 0.05) is 24.5 Å². The van der Waals surface area contributed by atoms with Crippen molar-refractivity contribution < 1.29 is 4.79 Å². The van der Waals surface area contributed by atoms with Gasteiger partial charge in [-0.2, -0.15) is 0 Å². The minimum Gasteiger partial charge on any atom is -0.302 e. The average molecular weight is 343 g/mol. The number of carbonyl (C=O) groups excluding carboxylic acids is 1. The fourth-order valence-corrected chi connectivity index (χ4v) is 4.12. The van der Waals surface area contributed by atoms with Gasteiger partial charge in [0.05, 0.1) is 0 Å². The molecule has 0 spiro atoms. The SMILES string of the molecule is CC(=O)Nc1ncc(CN2CCC(Cc3ccc(C)cc3)CC2)s1. The second kappa shape index (κ2) is 7.90. The number of aryl methyl sites for hydroxylation is 1. The maximum atomic E-state index is 11.1. The van der Waals surface area contributed by atoms with E-state index >= 15 is 0 Å². The molecule has 1 fully saturated rings. The van der Waals surface area contributed by atoms with Crippen LogP contribution in [0.1, 0.15) is 35.8 Å². The van der Waals surface area contributed by atoms with E-state index < -0.39 is 0 Å². The molecule has 1 aliphatic heterocycles. The normalized spacial score (nSPS) is 16.2. The summed E-state index contributed by atoms with van der Waals surface area (Å²) in [4.78, 5) is 19.0. The summed E-state index contributed by atoms with van der Waals surface area (Å²) in [5.41, 5.74) is 2.79. The predicted molar refractivity (Wildman–Crippen MR) is 99.3 cm³/mol. The summed E-state index contributed by atoms with van der Waals surface area (Å²) in [5, 5.41) is 3.45. The largest absolute Gasteiger partial charge is 0.302 e. The molecule has 0 bridgehead atoms. The first-order valence-electron chi connectivity index (χ1n) is 8.58. The zero-order valence-corrected chi connectivity index (χ0v) is 15.2. The fraction of sp³-hybridized carbons (Fsp3) is 0.474. The van der Waals surface area contributed by atoms with Crippen LogP contribution in [0.15, 0.2) is 30.5 Å². The lowest BCUT2D eigenvalue weighted by Crippen LogP contribution is -2.33. The number of rotatable bonds is 5. The summed E-state index contributed by atoms with van der Waals surface area (Å²) < 4.78 is 0. The highest BCUT2D eigenvalue weighted by Crippen LogP contribution is 2.25. The van der Waals surface area contributed by atoms with Crippen molar-refractivity contribution in [1.82, 2.24) is 9.88 Å². The van der Waals surface area contributed by atoms with Gasteiger partial charge in [0.15, 0.2) is 5.13 Å². The molecule has 128 valence electrons. The van der Waals surface area contributed by atoms with Crippen LogP contribution >= 0.6 is 11.3 Å². The molecule has 1 aromatic carbocycles. The number of nitrogens with one attached hydrogen (secondary N) is 1. The molecule has 5 heteroatoms. The van der Waals surface area contributed by atoms with Crippen molar-refractivity contribution in [2.75, 3.05) is 18.4 Å². The number of carbonyl (C=O) groups is 1. The molecule has 0 unspecified atom stereocenters. The molecule has 2 heterocycles. The van der Waals surface area contributed by atoms with Crippen LogP contribution in [0.5, 0.6) is 0 Å². The highest BCUT2D eigenvalue weighted by molar-refractivity contribution is 7.15. The second-order valence-corrected chi connectivity index (χ2v) is 7.84. The Bertz CT molecular complexity index is 672. The van der Waals surface area contributed by atoms with Gasteiger partial charge in [0.1, 0.15) is 0 Å². The molecule has 1 amide bonds. The van der Waals surface area contributed by atoms with Crippen molar-refractivity contribution in [2.24, 2.45) is 5.92 Å². The Morgan fingerprint density at radius 2 is 2.00 bits per heavy atom. The minimum atomic E-state index is -0.0622. The standard InChI is InChI=1S/C19H25N3OS/c1-14-3-5-16(6-4-14)11-17-7-9-22(10-8-17)13-18-12-20-19(24-18)21-15(2)23/h3-6,12,17H,7-11,13H2,1-2H3,(H,20,21,23). The predicted octanol–water partition coefficient (Wildman–Crippen LogP) is 3.86. The van der Waals surface area contributed by atoms with Gasteiger partial charge in [-0.3, -0.25) is 9.69 Å². The average Bonchev–Trinajstić information content (AvgIpc) is 2.98. The van der Waals surface area contributed by atoms with Crippen LogP contribution in [-0.2, 0) is 17.8 Å². The van der Waals surface area contributed by atoms with Gasteiger partial charge in [-0.15, -0.1) is 11.3 Å². The highest BCUT2D eigenvalue weighted by Gasteiger charge is 2.20. The quantitative estimate of drug-likeness (QED) is 0.896. The van der Waals surface area contributed by atoms with Gasteiger partial charge in [-0.25, -0.2) is 4.98 Å². The van der Waals surface area contributed by atoms with Gasteiger partial charge in [-0.05, 0) is 50.8 Å². The molecule has 0 aliphatic carbocycles. The summed E-state index contributed by atoms with van der Waals surface area (Å²) in [6.07, 6.45) is 5.59. The monoisotopic (exact) mass is 343 g/mol. The molecular weight excluding hydrogens is 318 g/mol. The number of hydrogen-bond donors (Lipinski definition) is 1. The van der Waals surface area contributed by atoms with Crippen LogP contribution < -0.4 is 5.32 Å². The molecule has 0 radical (unpaired) electrons. The lowest BCUT2D eigenvalue weighted by molar-refractivity contribution is -0.114. The lowest BCUT2D eigenvalue weighted by Gasteiger charge is -2.31. The number of likely N-dealkylation sites (tertiary alicyclic amines) is 1. The number of anilines is 1. The Hall–Kier alpha value is -1.72. The van der Waals surface area contributed by atoms with Crippen molar-refractivity contribution in [2.45, 2.75) is 39.7 Å². The van der Waals surface area contributed by atoms with Crippen molar-refractivity contribution in [3.63, 3.8) is 0 Å². The number of hydrogen-bond acceptors (Lipinski definition) is 4. The zero-order valence-electron chi connectivity index (χ0n) is 14.4. The number of amides is 1. The topological polar surface area (TPSA) is 45.2 Å². The van der Waals surface area contributed by atoms with E-state index in [4.69, 9.17) is 0 Å². The maximum Gasteiger partial charge on any atom is 0.223 e. The summed E-state index contributed by atoms with van der Waals surface area (Å²) in [5.74, 6) is 0.730. The first-order chi connectivity index (χ1) is 11.6. The Kier molecular flexibility index (Phi) is 5.63. The van der Waals surface area contributed by atoms with E-state index in [2.05, 4.69) is 46.4 Å². The molecule has 2 aromatic rings. The van der Waals surface area contributed by atoms with Gasteiger partial charge in [-0.1, -0.05) is 29.8 Å². The zero-order chi connectivity index (χ0) is 16.9. The first kappa shape index (κ1) is 17.1. The van der Waals surface area contributed by atoms with Crippen molar-refractivity contribution in [1.29, 1.82) is 0 Å². The molecule has 3 rings (SSSR count). The Morgan fingerprint density at radius 1 is 1.29 bits per heavy atom. The Morgan fingerprint density at radius 3 is 2.67 bits per heavy atom. The first-order valence-corrected chi connectivity index (χ1v) is 9.40. The number of nitrogens with zero attached hydrogens (tertiary/aromatic N) is 2. The number of piperidine rings is 1. The molecule has 0 saturated carbocycles. The van der Waals surface area contributed by atoms with E-state index in [-0.39, 0.29) is 5.91 Å². The van der Waals surface area contributed by atoms with Crippen LogP contribution in [0.4, 0.5) is 5.13 Å². The molecule has 1 saturated heterocycles. The van der Waals surface area contributed by atoms with Gasteiger partial charge >= 0.3 is 0 Å². The summed E-state index contributed by atoms with van der Waals surface area (Å²) in [6, 6.07) is 8.95. The van der Waals surface area contributed by atoms with Crippen LogP contribution in [0.2, 0.25) is 0 Å². The van der Waals surface area contributed by atoms with Gasteiger partial charge in [0.25, 0.3) is 0 Å². The molecule has 4 nitrogen and oxygen atoms in total. The summed E-state index contributed by atoms with van der Waals surface area (Å²) in [7, 11) is 0. The molecule has 1 aromatic heterocycles. The number of aromatic nitrogens is 1. The number of thiazole rings is 1. The van der Waals surface area contributed by atoms with Crippen LogP contribution in [0.3, 0.4) is 0 Å². The highest BCUT2D eigenvalue weighted by atomic mass is 32.1. The third kappa shape index (κ3) is 4.89. The fourth-order valence-electron chi connectivity index (χ4n) is 3.22. The minimum absolute atomic E-state index is 0.0622. The van der Waals surface area contributed by atoms with Crippen LogP contribution in [-0.4, -0.2) is 28.9 Å². The molecule has 1 aliphatic rings. The van der Waals surface area contributed by atoms with Crippen molar-refractivity contribution in [3.8, 4) is 0 Å². The van der Waals surface area contributed by atoms with E-state index in [1.54, 1.807) is 11.3 Å². The third-order valence-corrected chi connectivity index (χ3v) is 5.47. The van der Waals surface area contributed by atoms with Gasteiger partial charge < -0.3 is 5.32 Å². The van der Waals surface area contributed by atoms with Crippen LogP contribution in [0, 0.1) is 12.8 Å². The summed E-state index contributed by atoms with van der Waals surface area (Å²) >= 11 is 1.57. The maximum absolute atomic E-state index is 11.1. The smallest absolute Gasteiger partial charge is 0.223 e. The molecule has 1 N–H and O–H groups in total. The van der Waals surface area contributed by atoms with E-state index in [1.807, 2.05) is 6.20 Å². The van der Waals surface area contributed by atoms with E-state index in [9.17, 15) is 4.79 Å². The third-order valence-electron chi connectivity index (χ3n) is 4.57. The van der Waals surface area contributed by atoms with Crippen LogP contribution in [0.25, 0.3) is 0 Å². The lowest BCUT2D eigenvalue weighted by atomic mass is 9.90. The van der Waals surface area contributed by atoms with Crippen molar-refractivity contribution in [3.05, 3.63) is 46.5 Å². The van der Waals surface area contributed by atoms with Gasteiger partial charge in [0.2, 0.25) is 5.91 Å². The molecule has 24 heavy (non-hydrogen) atoms.